The standard InChI is InChI=1S/C11H20N2O3.ClH/c1-8-6-9(2-4-16-8)13-11(14)10-7-15-5-3-12-10;/h8-10,12H,2-7H2,1H3,(H,13,14);1H. The number of carbonyl (C=O) groups is 1. The van der Waals surface area contributed by atoms with Crippen molar-refractivity contribution in [3.8, 4) is 0 Å². The normalized spacial score (nSPS) is 33.6. The molecular weight excluding hydrogens is 244 g/mol. The summed E-state index contributed by atoms with van der Waals surface area (Å²) in [5, 5.41) is 6.21. The topological polar surface area (TPSA) is 59.6 Å². The smallest absolute Gasteiger partial charge is 0.239 e. The van der Waals surface area contributed by atoms with Crippen LogP contribution in [0.3, 0.4) is 0 Å². The third kappa shape index (κ3) is 4.43. The summed E-state index contributed by atoms with van der Waals surface area (Å²) in [4.78, 5) is 11.9. The van der Waals surface area contributed by atoms with Crippen LogP contribution in [0.2, 0.25) is 0 Å². The molecule has 0 aromatic carbocycles. The molecule has 2 heterocycles. The minimum atomic E-state index is -0.188. The van der Waals surface area contributed by atoms with Crippen LogP contribution < -0.4 is 10.6 Å². The van der Waals surface area contributed by atoms with Gasteiger partial charge in [-0.25, -0.2) is 0 Å². The number of rotatable bonds is 2. The van der Waals surface area contributed by atoms with E-state index in [1.807, 2.05) is 6.92 Å². The molecule has 2 fully saturated rings. The summed E-state index contributed by atoms with van der Waals surface area (Å²) < 4.78 is 10.7. The van der Waals surface area contributed by atoms with Crippen molar-refractivity contribution in [2.24, 2.45) is 0 Å². The molecule has 0 bridgehead atoms. The van der Waals surface area contributed by atoms with Gasteiger partial charge in [0.2, 0.25) is 5.91 Å². The lowest BCUT2D eigenvalue weighted by atomic mass is 10.0. The van der Waals surface area contributed by atoms with Crippen molar-refractivity contribution >= 4 is 18.3 Å². The van der Waals surface area contributed by atoms with Gasteiger partial charge in [-0.05, 0) is 19.8 Å². The van der Waals surface area contributed by atoms with Crippen LogP contribution in [0.25, 0.3) is 0 Å². The Balaban J connectivity index is 0.00000144. The molecule has 3 unspecified atom stereocenters. The predicted octanol–water partition coefficient (Wildman–Crippen LogP) is 0.0803. The van der Waals surface area contributed by atoms with Crippen molar-refractivity contribution < 1.29 is 14.3 Å². The maximum absolute atomic E-state index is 11.9. The summed E-state index contributed by atoms with van der Waals surface area (Å²) in [6.45, 7) is 4.70. The first-order valence-electron chi connectivity index (χ1n) is 5.99. The minimum absolute atomic E-state index is 0. The van der Waals surface area contributed by atoms with Crippen molar-refractivity contribution in [1.29, 1.82) is 0 Å². The van der Waals surface area contributed by atoms with Crippen LogP contribution in [0, 0.1) is 0 Å². The number of hydrogen-bond acceptors (Lipinski definition) is 4. The summed E-state index contributed by atoms with van der Waals surface area (Å²) in [5.41, 5.74) is 0. The first-order chi connectivity index (χ1) is 7.75. The fourth-order valence-corrected chi connectivity index (χ4v) is 2.16. The van der Waals surface area contributed by atoms with Gasteiger partial charge in [-0.15, -0.1) is 12.4 Å². The van der Waals surface area contributed by atoms with Crippen LogP contribution in [-0.4, -0.2) is 50.5 Å². The molecule has 2 aliphatic heterocycles. The van der Waals surface area contributed by atoms with Gasteiger partial charge < -0.3 is 20.1 Å². The molecule has 17 heavy (non-hydrogen) atoms. The van der Waals surface area contributed by atoms with E-state index in [2.05, 4.69) is 10.6 Å². The average molecular weight is 265 g/mol. The number of amides is 1. The van der Waals surface area contributed by atoms with E-state index in [4.69, 9.17) is 9.47 Å². The lowest BCUT2D eigenvalue weighted by Crippen LogP contribution is -2.54. The molecule has 1 amide bonds. The van der Waals surface area contributed by atoms with Crippen LogP contribution in [0.1, 0.15) is 19.8 Å². The van der Waals surface area contributed by atoms with Gasteiger partial charge in [0.15, 0.2) is 0 Å². The van der Waals surface area contributed by atoms with Gasteiger partial charge in [0.05, 0.1) is 19.3 Å². The fourth-order valence-electron chi connectivity index (χ4n) is 2.16. The van der Waals surface area contributed by atoms with E-state index in [9.17, 15) is 4.79 Å². The first kappa shape index (κ1) is 14.7. The van der Waals surface area contributed by atoms with E-state index in [-0.39, 0.29) is 36.5 Å². The van der Waals surface area contributed by atoms with Crippen molar-refractivity contribution in [1.82, 2.24) is 10.6 Å². The maximum Gasteiger partial charge on any atom is 0.239 e. The Morgan fingerprint density at radius 2 is 2.24 bits per heavy atom. The summed E-state index contributed by atoms with van der Waals surface area (Å²) in [6, 6.07) is 0.0619. The van der Waals surface area contributed by atoms with Crippen LogP contribution in [0.5, 0.6) is 0 Å². The molecule has 2 N–H and O–H groups in total. The highest BCUT2D eigenvalue weighted by Gasteiger charge is 2.26. The Labute approximate surface area is 108 Å². The van der Waals surface area contributed by atoms with Gasteiger partial charge in [0.25, 0.3) is 0 Å². The Bertz CT molecular complexity index is 247. The van der Waals surface area contributed by atoms with E-state index < -0.39 is 0 Å². The zero-order valence-corrected chi connectivity index (χ0v) is 10.9. The Hall–Kier alpha value is -0.360. The first-order valence-corrected chi connectivity index (χ1v) is 5.99. The van der Waals surface area contributed by atoms with Crippen LogP contribution in [0.15, 0.2) is 0 Å². The van der Waals surface area contributed by atoms with Crippen molar-refractivity contribution in [2.75, 3.05) is 26.4 Å². The average Bonchev–Trinajstić information content (AvgIpc) is 2.30. The second-order valence-corrected chi connectivity index (χ2v) is 4.49. The molecular formula is C11H21ClN2O3. The number of hydrogen-bond donors (Lipinski definition) is 2. The Morgan fingerprint density at radius 1 is 1.41 bits per heavy atom. The summed E-state index contributed by atoms with van der Waals surface area (Å²) in [5.74, 6) is 0.0544. The van der Waals surface area contributed by atoms with Gasteiger partial charge in [0, 0.05) is 19.2 Å². The predicted molar refractivity (Wildman–Crippen MR) is 66.4 cm³/mol. The highest BCUT2D eigenvalue weighted by molar-refractivity contribution is 5.85. The van der Waals surface area contributed by atoms with E-state index in [1.165, 1.54) is 0 Å². The highest BCUT2D eigenvalue weighted by Crippen LogP contribution is 2.13. The van der Waals surface area contributed by atoms with Crippen LogP contribution in [-0.2, 0) is 14.3 Å². The molecule has 6 heteroatoms. The van der Waals surface area contributed by atoms with Gasteiger partial charge in [0.1, 0.15) is 6.04 Å². The quantitative estimate of drug-likeness (QED) is 0.742. The van der Waals surface area contributed by atoms with Crippen LogP contribution >= 0.6 is 12.4 Å². The van der Waals surface area contributed by atoms with Crippen LogP contribution in [0.4, 0.5) is 0 Å². The SMILES string of the molecule is CC1CC(NC(=O)C2COCCN2)CCO1.Cl. The number of nitrogens with one attached hydrogen (secondary N) is 2. The van der Waals surface area contributed by atoms with Crippen molar-refractivity contribution in [3.05, 3.63) is 0 Å². The van der Waals surface area contributed by atoms with E-state index >= 15 is 0 Å². The number of carbonyl (C=O) groups excluding carboxylic acids is 1. The lowest BCUT2D eigenvalue weighted by Gasteiger charge is -2.30. The molecule has 2 aliphatic rings. The monoisotopic (exact) mass is 264 g/mol. The van der Waals surface area contributed by atoms with Gasteiger partial charge in [-0.3, -0.25) is 4.79 Å². The largest absolute Gasteiger partial charge is 0.378 e. The maximum atomic E-state index is 11.9. The molecule has 0 radical (unpaired) electrons. The lowest BCUT2D eigenvalue weighted by molar-refractivity contribution is -0.127. The number of halogens is 1. The summed E-state index contributed by atoms with van der Waals surface area (Å²) >= 11 is 0. The van der Waals surface area contributed by atoms with E-state index in [0.29, 0.717) is 13.2 Å². The molecule has 0 aromatic heterocycles. The molecule has 0 saturated carbocycles. The van der Waals surface area contributed by atoms with Gasteiger partial charge >= 0.3 is 0 Å². The summed E-state index contributed by atoms with van der Waals surface area (Å²) in [6.07, 6.45) is 2.05. The van der Waals surface area contributed by atoms with Crippen molar-refractivity contribution in [2.45, 2.75) is 38.0 Å². The van der Waals surface area contributed by atoms with Gasteiger partial charge in [-0.2, -0.15) is 0 Å². The van der Waals surface area contributed by atoms with E-state index in [1.54, 1.807) is 0 Å². The second-order valence-electron chi connectivity index (χ2n) is 4.49. The molecule has 100 valence electrons. The minimum Gasteiger partial charge on any atom is -0.378 e. The van der Waals surface area contributed by atoms with Gasteiger partial charge in [-0.1, -0.05) is 0 Å². The third-order valence-electron chi connectivity index (χ3n) is 3.07. The zero-order chi connectivity index (χ0) is 11.4. The molecule has 0 aliphatic carbocycles. The second kappa shape index (κ2) is 7.16. The number of morpholine rings is 1. The zero-order valence-electron chi connectivity index (χ0n) is 10.1. The fraction of sp³-hybridized carbons (Fsp3) is 0.909. The summed E-state index contributed by atoms with van der Waals surface area (Å²) in [7, 11) is 0. The molecule has 2 rings (SSSR count). The Morgan fingerprint density at radius 3 is 2.88 bits per heavy atom. The molecule has 5 nitrogen and oxygen atoms in total. The van der Waals surface area contributed by atoms with Crippen molar-refractivity contribution in [3.63, 3.8) is 0 Å². The highest BCUT2D eigenvalue weighted by atomic mass is 35.5. The Kier molecular flexibility index (Phi) is 6.19. The number of ether oxygens (including phenoxy) is 2. The van der Waals surface area contributed by atoms with E-state index in [0.717, 1.165) is 26.0 Å². The third-order valence-corrected chi connectivity index (χ3v) is 3.07. The molecule has 0 spiro atoms. The molecule has 2 saturated heterocycles. The molecule has 3 atom stereocenters. The molecule has 0 aromatic rings.